The summed E-state index contributed by atoms with van der Waals surface area (Å²) in [6, 6.07) is 4.76. The molecule has 0 saturated carbocycles. The topological polar surface area (TPSA) is 90.3 Å². The lowest BCUT2D eigenvalue weighted by Gasteiger charge is -2.13. The van der Waals surface area contributed by atoms with E-state index in [-0.39, 0.29) is 23.6 Å². The predicted molar refractivity (Wildman–Crippen MR) is 118 cm³/mol. The van der Waals surface area contributed by atoms with Gasteiger partial charge in [-0.2, -0.15) is 0 Å². The lowest BCUT2D eigenvalue weighted by molar-refractivity contribution is -0.124. The van der Waals surface area contributed by atoms with Crippen LogP contribution in [0.1, 0.15) is 67.5 Å². The number of benzene rings is 1. The Kier molecular flexibility index (Phi) is 6.79. The lowest BCUT2D eigenvalue weighted by Crippen LogP contribution is -2.30. The summed E-state index contributed by atoms with van der Waals surface area (Å²) in [5.41, 5.74) is 2.12. The van der Waals surface area contributed by atoms with Crippen LogP contribution in [0.4, 0.5) is 0 Å². The first-order chi connectivity index (χ1) is 15.1. The fraction of sp³-hybridized carbons (Fsp3) is 0.500. The highest BCUT2D eigenvalue weighted by atomic mass is 16.5. The van der Waals surface area contributed by atoms with Crippen LogP contribution in [-0.4, -0.2) is 34.6 Å². The number of carbonyl (C=O) groups is 2. The van der Waals surface area contributed by atoms with Crippen molar-refractivity contribution in [3.05, 3.63) is 51.6 Å². The van der Waals surface area contributed by atoms with Crippen molar-refractivity contribution in [3.8, 4) is 0 Å². The first-order valence-corrected chi connectivity index (χ1v) is 11.3. The molecule has 1 aliphatic heterocycles. The van der Waals surface area contributed by atoms with Crippen molar-refractivity contribution < 1.29 is 14.3 Å². The Hall–Kier alpha value is -2.96. The van der Waals surface area contributed by atoms with Gasteiger partial charge in [-0.1, -0.05) is 18.1 Å². The molecule has 0 saturated heterocycles. The Morgan fingerprint density at radius 1 is 1.10 bits per heavy atom. The zero-order chi connectivity index (χ0) is 21.6. The zero-order valence-corrected chi connectivity index (χ0v) is 17.8. The quantitative estimate of drug-likeness (QED) is 0.569. The molecule has 2 heterocycles. The minimum absolute atomic E-state index is 0.0609. The number of aryl methyl sites for hydroxylation is 1. The van der Waals surface area contributed by atoms with Crippen LogP contribution >= 0.6 is 0 Å². The minimum Gasteiger partial charge on any atom is -0.452 e. The number of esters is 1. The second kappa shape index (κ2) is 9.90. The van der Waals surface area contributed by atoms with E-state index in [4.69, 9.17) is 4.74 Å². The van der Waals surface area contributed by atoms with Crippen LogP contribution in [0.2, 0.25) is 0 Å². The van der Waals surface area contributed by atoms with E-state index >= 15 is 0 Å². The number of nitrogens with zero attached hydrogens (tertiary/aromatic N) is 2. The van der Waals surface area contributed by atoms with Crippen LogP contribution in [0.15, 0.2) is 34.6 Å². The van der Waals surface area contributed by atoms with Gasteiger partial charge in [0, 0.05) is 19.5 Å². The number of fused-ring (bicyclic) bond motifs is 2. The largest absolute Gasteiger partial charge is 0.452 e. The summed E-state index contributed by atoms with van der Waals surface area (Å²) in [5, 5.41) is 3.30. The third kappa shape index (κ3) is 5.21. The average molecular weight is 424 g/mol. The lowest BCUT2D eigenvalue weighted by atomic mass is 9.97. The molecule has 1 aromatic carbocycles. The second-order valence-corrected chi connectivity index (χ2v) is 8.31. The van der Waals surface area contributed by atoms with Crippen molar-refractivity contribution in [1.82, 2.24) is 14.9 Å². The van der Waals surface area contributed by atoms with Crippen LogP contribution in [0, 0.1) is 0 Å². The van der Waals surface area contributed by atoms with E-state index < -0.39 is 5.97 Å². The molecule has 7 heteroatoms. The van der Waals surface area contributed by atoms with Crippen LogP contribution in [0.25, 0.3) is 10.9 Å². The molecule has 164 valence electrons. The standard InChI is InChI=1S/C24H29N3O4/c28-22(25-13-12-17-7-3-1-4-8-17)16-31-24(30)18-10-11-19-20(15-18)26-21-9-5-2-6-14-27(21)23(19)29/h7,10-11,15H,1-6,8-9,12-14,16H2,(H,25,28). The minimum atomic E-state index is -0.594. The van der Waals surface area contributed by atoms with Gasteiger partial charge in [0.25, 0.3) is 11.5 Å². The fourth-order valence-corrected chi connectivity index (χ4v) is 4.30. The van der Waals surface area contributed by atoms with Gasteiger partial charge in [-0.05, 0) is 63.1 Å². The van der Waals surface area contributed by atoms with Crippen molar-refractivity contribution in [2.45, 2.75) is 64.3 Å². The van der Waals surface area contributed by atoms with Crippen LogP contribution in [0.3, 0.4) is 0 Å². The number of aromatic nitrogens is 2. The number of allylic oxidation sites excluding steroid dienone is 1. The molecule has 0 radical (unpaired) electrons. The normalized spacial score (nSPS) is 16.2. The second-order valence-electron chi connectivity index (χ2n) is 8.31. The summed E-state index contributed by atoms with van der Waals surface area (Å²) in [4.78, 5) is 41.8. The van der Waals surface area contributed by atoms with E-state index in [0.29, 0.717) is 24.0 Å². The SMILES string of the molecule is O=C(COC(=O)c1ccc2c(=O)n3c(nc2c1)CCCCC3)NCCC1=CCCCC1. The molecule has 0 atom stereocenters. The van der Waals surface area contributed by atoms with Gasteiger partial charge >= 0.3 is 5.97 Å². The third-order valence-electron chi connectivity index (χ3n) is 6.04. The summed E-state index contributed by atoms with van der Waals surface area (Å²) in [5.74, 6) is -0.135. The Bertz CT molecular complexity index is 1070. The van der Waals surface area contributed by atoms with Gasteiger partial charge in [0.15, 0.2) is 6.61 Å². The van der Waals surface area contributed by atoms with E-state index in [0.717, 1.165) is 50.8 Å². The molecule has 7 nitrogen and oxygen atoms in total. The molecule has 1 N–H and O–H groups in total. The molecular weight excluding hydrogens is 394 g/mol. The van der Waals surface area contributed by atoms with Crippen molar-refractivity contribution in [3.63, 3.8) is 0 Å². The molecule has 1 amide bonds. The zero-order valence-electron chi connectivity index (χ0n) is 17.8. The molecule has 2 aliphatic rings. The van der Waals surface area contributed by atoms with Gasteiger partial charge in [-0.3, -0.25) is 14.2 Å². The molecule has 0 fully saturated rings. The molecule has 0 bridgehead atoms. The molecule has 1 aromatic heterocycles. The maximum absolute atomic E-state index is 12.8. The summed E-state index contributed by atoms with van der Waals surface area (Å²) in [7, 11) is 0. The van der Waals surface area contributed by atoms with E-state index in [9.17, 15) is 14.4 Å². The van der Waals surface area contributed by atoms with Crippen LogP contribution < -0.4 is 10.9 Å². The highest BCUT2D eigenvalue weighted by Crippen LogP contribution is 2.19. The van der Waals surface area contributed by atoms with E-state index in [1.807, 2.05) is 0 Å². The molecule has 31 heavy (non-hydrogen) atoms. The van der Waals surface area contributed by atoms with E-state index in [2.05, 4.69) is 16.4 Å². The van der Waals surface area contributed by atoms with Gasteiger partial charge in [0.05, 0.1) is 16.5 Å². The number of ether oxygens (including phenoxy) is 1. The van der Waals surface area contributed by atoms with Crippen molar-refractivity contribution in [2.75, 3.05) is 13.2 Å². The van der Waals surface area contributed by atoms with Gasteiger partial charge in [-0.15, -0.1) is 0 Å². The van der Waals surface area contributed by atoms with Crippen LogP contribution in [-0.2, 0) is 22.5 Å². The summed E-state index contributed by atoms with van der Waals surface area (Å²) >= 11 is 0. The van der Waals surface area contributed by atoms with Gasteiger partial charge in [0.1, 0.15) is 5.82 Å². The summed E-state index contributed by atoms with van der Waals surface area (Å²) in [6.45, 7) is 0.917. The monoisotopic (exact) mass is 423 g/mol. The Morgan fingerprint density at radius 2 is 1.97 bits per heavy atom. The molecule has 1 aliphatic carbocycles. The number of carbonyl (C=O) groups excluding carboxylic acids is 2. The van der Waals surface area contributed by atoms with Crippen molar-refractivity contribution >= 4 is 22.8 Å². The van der Waals surface area contributed by atoms with Gasteiger partial charge in [-0.25, -0.2) is 9.78 Å². The number of amides is 1. The highest BCUT2D eigenvalue weighted by molar-refractivity contribution is 5.95. The first-order valence-electron chi connectivity index (χ1n) is 11.3. The molecule has 0 spiro atoms. The molecule has 4 rings (SSSR count). The smallest absolute Gasteiger partial charge is 0.338 e. The van der Waals surface area contributed by atoms with Gasteiger partial charge in [0.2, 0.25) is 0 Å². The van der Waals surface area contributed by atoms with Crippen molar-refractivity contribution in [2.24, 2.45) is 0 Å². The summed E-state index contributed by atoms with van der Waals surface area (Å²) < 4.78 is 6.92. The maximum Gasteiger partial charge on any atom is 0.338 e. The number of hydrogen-bond donors (Lipinski definition) is 1. The number of rotatable bonds is 6. The van der Waals surface area contributed by atoms with E-state index in [1.54, 1.807) is 22.8 Å². The average Bonchev–Trinajstić information content (AvgIpc) is 3.04. The fourth-order valence-electron chi connectivity index (χ4n) is 4.30. The number of nitrogens with one attached hydrogen (secondary N) is 1. The Balaban J connectivity index is 1.35. The molecule has 0 unspecified atom stereocenters. The van der Waals surface area contributed by atoms with Gasteiger partial charge < -0.3 is 10.1 Å². The molecule has 2 aromatic rings. The Labute approximate surface area is 181 Å². The van der Waals surface area contributed by atoms with Crippen LogP contribution in [0.5, 0.6) is 0 Å². The predicted octanol–water partition coefficient (Wildman–Crippen LogP) is 3.29. The molecular formula is C24H29N3O4. The number of hydrogen-bond acceptors (Lipinski definition) is 5. The maximum atomic E-state index is 12.8. The van der Waals surface area contributed by atoms with Crippen molar-refractivity contribution in [1.29, 1.82) is 0 Å². The highest BCUT2D eigenvalue weighted by Gasteiger charge is 2.16. The Morgan fingerprint density at radius 3 is 2.81 bits per heavy atom. The van der Waals surface area contributed by atoms with E-state index in [1.165, 1.54) is 18.4 Å². The first kappa shape index (κ1) is 21.3. The third-order valence-corrected chi connectivity index (χ3v) is 6.04. The summed E-state index contributed by atoms with van der Waals surface area (Å²) in [6.07, 6.45) is 11.6.